The van der Waals surface area contributed by atoms with Crippen molar-refractivity contribution in [3.63, 3.8) is 0 Å². The summed E-state index contributed by atoms with van der Waals surface area (Å²) in [4.78, 5) is 6.98. The molecule has 0 saturated carbocycles. The van der Waals surface area contributed by atoms with Gasteiger partial charge in [-0.25, -0.2) is 9.38 Å². The molecule has 1 N–H and O–H groups in total. The summed E-state index contributed by atoms with van der Waals surface area (Å²) in [5, 5.41) is 3.32. The first-order chi connectivity index (χ1) is 14.2. The van der Waals surface area contributed by atoms with Gasteiger partial charge in [0, 0.05) is 24.3 Å². The van der Waals surface area contributed by atoms with Crippen molar-refractivity contribution in [2.24, 2.45) is 4.99 Å². The Kier molecular flexibility index (Phi) is 7.02. The average molecular weight is 385 g/mol. The Hall–Kier alpha value is -3.58. The van der Waals surface area contributed by atoms with Crippen molar-refractivity contribution in [1.82, 2.24) is 4.90 Å². The molecule has 3 rings (SSSR count). The Morgan fingerprint density at radius 1 is 0.862 bits per heavy atom. The number of rotatable bonds is 4. The van der Waals surface area contributed by atoms with E-state index in [0.29, 0.717) is 5.96 Å². The summed E-state index contributed by atoms with van der Waals surface area (Å²) in [6.45, 7) is 5.74. The molecular formula is C25H24FN3. The van der Waals surface area contributed by atoms with E-state index in [9.17, 15) is 4.39 Å². The average Bonchev–Trinajstić information content (AvgIpc) is 2.76. The summed E-state index contributed by atoms with van der Waals surface area (Å²) in [5.41, 5.74) is 3.37. The fourth-order valence-corrected chi connectivity index (χ4v) is 2.82. The standard InChI is InChI=1S/C25H24FN3/c1-3-29(4-2)25(27-23-18-16-22(26)17-19-23)28-24-13-9-8-12-21(24)15-14-20-10-6-5-7-11-20/h5-13,16-19H,3-4H2,1-2H3,(H,27,28). The molecule has 0 radical (unpaired) electrons. The van der Waals surface area contributed by atoms with Crippen LogP contribution in [0.3, 0.4) is 0 Å². The second-order valence-electron chi connectivity index (χ2n) is 6.37. The predicted molar refractivity (Wildman–Crippen MR) is 119 cm³/mol. The van der Waals surface area contributed by atoms with Gasteiger partial charge in [0.1, 0.15) is 5.82 Å². The van der Waals surface area contributed by atoms with Gasteiger partial charge in [-0.1, -0.05) is 42.2 Å². The highest BCUT2D eigenvalue weighted by Crippen LogP contribution is 2.20. The Bertz CT molecular complexity index is 1010. The summed E-state index contributed by atoms with van der Waals surface area (Å²) in [6, 6.07) is 24.0. The number of nitrogens with zero attached hydrogens (tertiary/aromatic N) is 2. The lowest BCUT2D eigenvalue weighted by Gasteiger charge is -2.24. The monoisotopic (exact) mass is 385 g/mol. The summed E-state index contributed by atoms with van der Waals surface area (Å²) in [5.74, 6) is 6.86. The Morgan fingerprint density at radius 3 is 2.21 bits per heavy atom. The van der Waals surface area contributed by atoms with Crippen molar-refractivity contribution in [1.29, 1.82) is 0 Å². The molecule has 0 aliphatic rings. The minimum Gasteiger partial charge on any atom is -0.343 e. The molecule has 3 aromatic rings. The lowest BCUT2D eigenvalue weighted by Crippen LogP contribution is -2.36. The molecule has 3 aromatic carbocycles. The molecule has 3 nitrogen and oxygen atoms in total. The van der Waals surface area contributed by atoms with Gasteiger partial charge in [-0.05, 0) is 62.4 Å². The van der Waals surface area contributed by atoms with Gasteiger partial charge in [0.05, 0.1) is 11.3 Å². The van der Waals surface area contributed by atoms with Crippen LogP contribution in [0.1, 0.15) is 25.0 Å². The number of para-hydroxylation sites is 1. The first-order valence-corrected chi connectivity index (χ1v) is 9.72. The van der Waals surface area contributed by atoms with Gasteiger partial charge in [-0.15, -0.1) is 0 Å². The molecule has 0 aliphatic heterocycles. The smallest absolute Gasteiger partial charge is 0.203 e. The van der Waals surface area contributed by atoms with Crippen LogP contribution in [0.25, 0.3) is 0 Å². The zero-order valence-electron chi connectivity index (χ0n) is 16.7. The molecule has 0 fully saturated rings. The van der Waals surface area contributed by atoms with Crippen LogP contribution >= 0.6 is 0 Å². The van der Waals surface area contributed by atoms with E-state index in [1.807, 2.05) is 54.6 Å². The van der Waals surface area contributed by atoms with E-state index in [0.717, 1.165) is 35.6 Å². The van der Waals surface area contributed by atoms with Crippen molar-refractivity contribution in [2.45, 2.75) is 13.8 Å². The number of hydrogen-bond acceptors (Lipinski definition) is 1. The largest absolute Gasteiger partial charge is 0.343 e. The SMILES string of the molecule is CCN(CC)C(=Nc1ccccc1C#Cc1ccccc1)Nc1ccc(F)cc1. The summed E-state index contributed by atoms with van der Waals surface area (Å²) < 4.78 is 13.3. The molecular weight excluding hydrogens is 361 g/mol. The van der Waals surface area contributed by atoms with Crippen LogP contribution in [0.5, 0.6) is 0 Å². The van der Waals surface area contributed by atoms with Crippen LogP contribution in [0.2, 0.25) is 0 Å². The van der Waals surface area contributed by atoms with Crippen LogP contribution in [0, 0.1) is 17.7 Å². The molecule has 0 spiro atoms. The summed E-state index contributed by atoms with van der Waals surface area (Å²) >= 11 is 0. The van der Waals surface area contributed by atoms with E-state index in [1.54, 1.807) is 12.1 Å². The van der Waals surface area contributed by atoms with Crippen molar-refractivity contribution in [3.05, 3.63) is 95.8 Å². The van der Waals surface area contributed by atoms with Gasteiger partial charge in [0.25, 0.3) is 0 Å². The fraction of sp³-hybridized carbons (Fsp3) is 0.160. The number of halogens is 1. The van der Waals surface area contributed by atoms with Gasteiger partial charge in [0.2, 0.25) is 5.96 Å². The highest BCUT2D eigenvalue weighted by Gasteiger charge is 2.10. The number of anilines is 1. The molecule has 0 amide bonds. The van der Waals surface area contributed by atoms with Crippen LogP contribution in [-0.4, -0.2) is 23.9 Å². The Balaban J connectivity index is 1.97. The molecule has 0 atom stereocenters. The Labute approximate surface area is 171 Å². The third kappa shape index (κ3) is 5.70. The van der Waals surface area contributed by atoms with Gasteiger partial charge < -0.3 is 10.2 Å². The number of nitrogens with one attached hydrogen (secondary N) is 1. The van der Waals surface area contributed by atoms with E-state index in [-0.39, 0.29) is 5.82 Å². The van der Waals surface area contributed by atoms with Crippen LogP contribution in [0.15, 0.2) is 83.9 Å². The minimum absolute atomic E-state index is 0.265. The van der Waals surface area contributed by atoms with Gasteiger partial charge in [-0.3, -0.25) is 0 Å². The van der Waals surface area contributed by atoms with Crippen molar-refractivity contribution < 1.29 is 4.39 Å². The maximum atomic E-state index is 13.3. The molecule has 0 bridgehead atoms. The molecule has 0 heterocycles. The molecule has 0 saturated heterocycles. The highest BCUT2D eigenvalue weighted by molar-refractivity contribution is 5.95. The third-order valence-corrected chi connectivity index (χ3v) is 4.41. The molecule has 146 valence electrons. The van der Waals surface area contributed by atoms with E-state index >= 15 is 0 Å². The first-order valence-electron chi connectivity index (χ1n) is 9.72. The van der Waals surface area contributed by atoms with Crippen LogP contribution < -0.4 is 5.32 Å². The van der Waals surface area contributed by atoms with E-state index < -0.39 is 0 Å². The fourth-order valence-electron chi connectivity index (χ4n) is 2.82. The zero-order chi connectivity index (χ0) is 20.5. The lowest BCUT2D eigenvalue weighted by atomic mass is 10.1. The predicted octanol–water partition coefficient (Wildman–Crippen LogP) is 5.67. The molecule has 0 aliphatic carbocycles. The lowest BCUT2D eigenvalue weighted by molar-refractivity contribution is 0.464. The quantitative estimate of drug-likeness (QED) is 0.356. The van der Waals surface area contributed by atoms with E-state index in [4.69, 9.17) is 4.99 Å². The van der Waals surface area contributed by atoms with Crippen LogP contribution in [-0.2, 0) is 0 Å². The topological polar surface area (TPSA) is 27.6 Å². The molecule has 0 aromatic heterocycles. The van der Waals surface area contributed by atoms with Crippen molar-refractivity contribution in [3.8, 4) is 11.8 Å². The molecule has 0 unspecified atom stereocenters. The van der Waals surface area contributed by atoms with Crippen molar-refractivity contribution in [2.75, 3.05) is 18.4 Å². The number of benzene rings is 3. The zero-order valence-corrected chi connectivity index (χ0v) is 16.7. The second-order valence-corrected chi connectivity index (χ2v) is 6.37. The third-order valence-electron chi connectivity index (χ3n) is 4.41. The maximum absolute atomic E-state index is 13.3. The van der Waals surface area contributed by atoms with Crippen LogP contribution in [0.4, 0.5) is 15.8 Å². The second kappa shape index (κ2) is 10.1. The van der Waals surface area contributed by atoms with E-state index in [1.165, 1.54) is 12.1 Å². The number of guanidine groups is 1. The van der Waals surface area contributed by atoms with Crippen molar-refractivity contribution >= 4 is 17.3 Å². The summed E-state index contributed by atoms with van der Waals surface area (Å²) in [6.07, 6.45) is 0. The molecule has 29 heavy (non-hydrogen) atoms. The van der Waals surface area contributed by atoms with Gasteiger partial charge in [0.15, 0.2) is 0 Å². The highest BCUT2D eigenvalue weighted by atomic mass is 19.1. The van der Waals surface area contributed by atoms with Gasteiger partial charge >= 0.3 is 0 Å². The molecule has 4 heteroatoms. The number of hydrogen-bond donors (Lipinski definition) is 1. The van der Waals surface area contributed by atoms with E-state index in [2.05, 4.69) is 35.9 Å². The number of aliphatic imine (C=N–C) groups is 1. The normalized spacial score (nSPS) is 10.8. The maximum Gasteiger partial charge on any atom is 0.203 e. The minimum atomic E-state index is -0.265. The van der Waals surface area contributed by atoms with Gasteiger partial charge in [-0.2, -0.15) is 0 Å². The summed E-state index contributed by atoms with van der Waals surface area (Å²) in [7, 11) is 0. The Morgan fingerprint density at radius 2 is 1.52 bits per heavy atom. The first kappa shape index (κ1) is 20.2.